The molecule has 3 nitrogen and oxygen atoms in total. The monoisotopic (exact) mass is 276 g/mol. The van der Waals surface area contributed by atoms with E-state index in [4.69, 9.17) is 4.74 Å². The molecule has 2 atom stereocenters. The van der Waals surface area contributed by atoms with Crippen LogP contribution in [0.3, 0.4) is 0 Å². The Bertz CT molecular complexity index is 512. The number of nitrogens with one attached hydrogen (secondary N) is 1. The maximum Gasteiger partial charge on any atom is 0.165 e. The Kier molecular flexibility index (Phi) is 4.61. The van der Waals surface area contributed by atoms with E-state index in [0.717, 1.165) is 31.4 Å². The standard InChI is InChI=1S/C16H21FN2O/c1-3-8-19-16(11-18)7-6-13(10-16)20-15-9-12(2)4-5-14(15)17/h4-5,9,13,19H,3,6-8,10H2,1-2H3. The molecule has 108 valence electrons. The van der Waals surface area contributed by atoms with Gasteiger partial charge >= 0.3 is 0 Å². The highest BCUT2D eigenvalue weighted by molar-refractivity contribution is 5.30. The Labute approximate surface area is 119 Å². The van der Waals surface area contributed by atoms with Crippen molar-refractivity contribution in [3.8, 4) is 11.8 Å². The van der Waals surface area contributed by atoms with Crippen LogP contribution in [0.4, 0.5) is 4.39 Å². The van der Waals surface area contributed by atoms with Crippen molar-refractivity contribution in [1.82, 2.24) is 5.32 Å². The highest BCUT2D eigenvalue weighted by Crippen LogP contribution is 2.33. The quantitative estimate of drug-likeness (QED) is 0.897. The van der Waals surface area contributed by atoms with Gasteiger partial charge in [0, 0.05) is 6.42 Å². The lowest BCUT2D eigenvalue weighted by Crippen LogP contribution is -2.42. The largest absolute Gasteiger partial charge is 0.487 e. The summed E-state index contributed by atoms with van der Waals surface area (Å²) in [5.74, 6) is -0.0502. The maximum absolute atomic E-state index is 13.7. The molecule has 1 aromatic rings. The highest BCUT2D eigenvalue weighted by Gasteiger charge is 2.40. The molecule has 0 spiro atoms. The van der Waals surface area contributed by atoms with Crippen molar-refractivity contribution >= 4 is 0 Å². The normalized spacial score (nSPS) is 25.4. The number of rotatable bonds is 5. The Hall–Kier alpha value is -1.60. The Morgan fingerprint density at radius 2 is 2.35 bits per heavy atom. The molecule has 0 bridgehead atoms. The molecular formula is C16H21FN2O. The van der Waals surface area contributed by atoms with Gasteiger partial charge in [-0.25, -0.2) is 4.39 Å². The lowest BCUT2D eigenvalue weighted by molar-refractivity contribution is 0.192. The van der Waals surface area contributed by atoms with Crippen LogP contribution in [-0.4, -0.2) is 18.2 Å². The molecule has 20 heavy (non-hydrogen) atoms. The van der Waals surface area contributed by atoms with Gasteiger partial charge in [0.2, 0.25) is 0 Å². The van der Waals surface area contributed by atoms with Crippen LogP contribution in [0.5, 0.6) is 5.75 Å². The van der Waals surface area contributed by atoms with Gasteiger partial charge < -0.3 is 4.74 Å². The van der Waals surface area contributed by atoms with Crippen molar-refractivity contribution in [3.05, 3.63) is 29.6 Å². The number of nitriles is 1. The predicted octanol–water partition coefficient (Wildman–Crippen LogP) is 3.33. The van der Waals surface area contributed by atoms with Gasteiger partial charge in [-0.15, -0.1) is 0 Å². The molecule has 0 aromatic heterocycles. The van der Waals surface area contributed by atoms with Gasteiger partial charge in [-0.3, -0.25) is 5.32 Å². The summed E-state index contributed by atoms with van der Waals surface area (Å²) in [6.45, 7) is 4.80. The first-order chi connectivity index (χ1) is 9.58. The van der Waals surface area contributed by atoms with E-state index in [1.165, 1.54) is 6.07 Å². The SMILES string of the molecule is CCCNC1(C#N)CCC(Oc2cc(C)ccc2F)C1. The minimum atomic E-state index is -0.513. The maximum atomic E-state index is 13.7. The van der Waals surface area contributed by atoms with Gasteiger partial charge in [0.15, 0.2) is 11.6 Å². The van der Waals surface area contributed by atoms with Crippen LogP contribution < -0.4 is 10.1 Å². The molecule has 0 aliphatic heterocycles. The average molecular weight is 276 g/mol. The van der Waals surface area contributed by atoms with Gasteiger partial charge in [0.1, 0.15) is 11.6 Å². The molecule has 1 aromatic carbocycles. The smallest absolute Gasteiger partial charge is 0.165 e. The third-order valence-corrected chi connectivity index (χ3v) is 3.78. The zero-order valence-corrected chi connectivity index (χ0v) is 12.1. The van der Waals surface area contributed by atoms with Crippen LogP contribution in [0.2, 0.25) is 0 Å². The summed E-state index contributed by atoms with van der Waals surface area (Å²) in [5.41, 5.74) is 0.455. The lowest BCUT2D eigenvalue weighted by atomic mass is 9.99. The number of aryl methyl sites for hydroxylation is 1. The first-order valence-electron chi connectivity index (χ1n) is 7.17. The summed E-state index contributed by atoms with van der Waals surface area (Å²) in [5, 5.41) is 12.7. The van der Waals surface area contributed by atoms with Crippen LogP contribution in [0.15, 0.2) is 18.2 Å². The molecular weight excluding hydrogens is 255 g/mol. The van der Waals surface area contributed by atoms with Crippen LogP contribution in [0.1, 0.15) is 38.2 Å². The van der Waals surface area contributed by atoms with Crippen molar-refractivity contribution < 1.29 is 9.13 Å². The molecule has 0 heterocycles. The molecule has 0 radical (unpaired) electrons. The number of halogens is 1. The third kappa shape index (κ3) is 3.29. The first-order valence-corrected chi connectivity index (χ1v) is 7.17. The minimum absolute atomic E-state index is 0.102. The van der Waals surface area contributed by atoms with E-state index in [2.05, 4.69) is 18.3 Å². The van der Waals surface area contributed by atoms with E-state index < -0.39 is 5.54 Å². The summed E-state index contributed by atoms with van der Waals surface area (Å²) >= 11 is 0. The molecule has 1 aliphatic rings. The van der Waals surface area contributed by atoms with E-state index >= 15 is 0 Å². The molecule has 1 aliphatic carbocycles. The first kappa shape index (κ1) is 14.8. The summed E-state index contributed by atoms with van der Waals surface area (Å²) < 4.78 is 19.5. The Balaban J connectivity index is 2.02. The fourth-order valence-electron chi connectivity index (χ4n) is 2.65. The van der Waals surface area contributed by atoms with Crippen LogP contribution in [-0.2, 0) is 0 Å². The van der Waals surface area contributed by atoms with Gasteiger partial charge in [-0.1, -0.05) is 13.0 Å². The third-order valence-electron chi connectivity index (χ3n) is 3.78. The molecule has 4 heteroatoms. The number of hydrogen-bond donors (Lipinski definition) is 1. The number of nitrogens with zero attached hydrogens (tertiary/aromatic N) is 1. The van der Waals surface area contributed by atoms with Crippen LogP contribution >= 0.6 is 0 Å². The summed E-state index contributed by atoms with van der Waals surface area (Å²) in [7, 11) is 0. The molecule has 2 unspecified atom stereocenters. The minimum Gasteiger partial charge on any atom is -0.487 e. The van der Waals surface area contributed by atoms with E-state index in [0.29, 0.717) is 12.2 Å². The summed E-state index contributed by atoms with van der Waals surface area (Å²) in [4.78, 5) is 0. The molecule has 2 rings (SSSR count). The van der Waals surface area contributed by atoms with Gasteiger partial charge in [-0.2, -0.15) is 5.26 Å². The van der Waals surface area contributed by atoms with Crippen LogP contribution in [0.25, 0.3) is 0 Å². The Morgan fingerprint density at radius 3 is 3.05 bits per heavy atom. The second-order valence-corrected chi connectivity index (χ2v) is 5.54. The fraction of sp³-hybridized carbons (Fsp3) is 0.562. The molecule has 1 fully saturated rings. The van der Waals surface area contributed by atoms with E-state index in [1.807, 2.05) is 6.92 Å². The zero-order valence-electron chi connectivity index (χ0n) is 12.1. The number of hydrogen-bond acceptors (Lipinski definition) is 3. The van der Waals surface area contributed by atoms with Gasteiger partial charge in [-0.05, 0) is 50.4 Å². The van der Waals surface area contributed by atoms with E-state index in [1.54, 1.807) is 12.1 Å². The Morgan fingerprint density at radius 1 is 1.55 bits per heavy atom. The average Bonchev–Trinajstić information content (AvgIpc) is 2.85. The highest BCUT2D eigenvalue weighted by atomic mass is 19.1. The molecule has 1 saturated carbocycles. The van der Waals surface area contributed by atoms with Crippen LogP contribution in [0, 0.1) is 24.1 Å². The van der Waals surface area contributed by atoms with Crippen molar-refractivity contribution in [1.29, 1.82) is 5.26 Å². The lowest BCUT2D eigenvalue weighted by Gasteiger charge is -2.22. The second-order valence-electron chi connectivity index (χ2n) is 5.54. The van der Waals surface area contributed by atoms with Gasteiger partial charge in [0.25, 0.3) is 0 Å². The van der Waals surface area contributed by atoms with Gasteiger partial charge in [0.05, 0.1) is 6.07 Å². The second kappa shape index (κ2) is 6.23. The topological polar surface area (TPSA) is 45.0 Å². The summed E-state index contributed by atoms with van der Waals surface area (Å²) in [6, 6.07) is 7.22. The predicted molar refractivity (Wildman–Crippen MR) is 76.0 cm³/mol. The summed E-state index contributed by atoms with van der Waals surface area (Å²) in [6.07, 6.45) is 3.02. The zero-order chi connectivity index (χ0) is 14.6. The molecule has 0 saturated heterocycles. The van der Waals surface area contributed by atoms with E-state index in [-0.39, 0.29) is 11.9 Å². The van der Waals surface area contributed by atoms with Crippen molar-refractivity contribution in [2.75, 3.05) is 6.54 Å². The molecule has 1 N–H and O–H groups in total. The fourth-order valence-corrected chi connectivity index (χ4v) is 2.65. The molecule has 0 amide bonds. The van der Waals surface area contributed by atoms with Crippen molar-refractivity contribution in [2.45, 2.75) is 51.2 Å². The number of ether oxygens (including phenoxy) is 1. The van der Waals surface area contributed by atoms with Crippen molar-refractivity contribution in [3.63, 3.8) is 0 Å². The van der Waals surface area contributed by atoms with Crippen molar-refractivity contribution in [2.24, 2.45) is 0 Å². The number of benzene rings is 1. The van der Waals surface area contributed by atoms with E-state index in [9.17, 15) is 9.65 Å².